The third-order valence-corrected chi connectivity index (χ3v) is 5.24. The topological polar surface area (TPSA) is 94.4 Å². The van der Waals surface area contributed by atoms with Crippen molar-refractivity contribution in [1.29, 1.82) is 0 Å². The number of ether oxygens (including phenoxy) is 1. The molecule has 3 aromatic rings. The van der Waals surface area contributed by atoms with Crippen LogP contribution in [0.1, 0.15) is 10.4 Å². The molecule has 0 radical (unpaired) electrons. The molecule has 0 bridgehead atoms. The first kappa shape index (κ1) is 18.9. The first-order valence-electron chi connectivity index (χ1n) is 7.76. The number of aromatic nitrogens is 1. The number of anilines is 1. The number of benzene rings is 2. The quantitative estimate of drug-likeness (QED) is 0.365. The van der Waals surface area contributed by atoms with Crippen molar-refractivity contribution in [3.05, 3.63) is 63.5 Å². The number of carbonyl (C=O) groups is 1. The molecular formula is C18H15N3O4S2. The number of carbonyl (C=O) groups excluding carboxylic acids is 1. The number of nitrogens with zero attached hydrogens (tertiary/aromatic N) is 2. The molecule has 0 spiro atoms. The fourth-order valence-corrected chi connectivity index (χ4v) is 3.60. The van der Waals surface area contributed by atoms with Crippen molar-refractivity contribution in [2.24, 2.45) is 0 Å². The van der Waals surface area contributed by atoms with Crippen molar-refractivity contribution in [3.8, 4) is 17.0 Å². The average molecular weight is 401 g/mol. The maximum atomic E-state index is 12.6. The number of methoxy groups -OCH3 is 1. The largest absolute Gasteiger partial charge is 0.496 e. The molecule has 1 amide bonds. The summed E-state index contributed by atoms with van der Waals surface area (Å²) in [6.45, 7) is 0. The molecule has 1 N–H and O–H groups in total. The predicted molar refractivity (Wildman–Crippen MR) is 107 cm³/mol. The Bertz CT molecular complexity index is 1000. The predicted octanol–water partition coefficient (Wildman–Crippen LogP) is 4.70. The molecule has 0 saturated carbocycles. The van der Waals surface area contributed by atoms with Gasteiger partial charge in [0.2, 0.25) is 0 Å². The maximum absolute atomic E-state index is 12.6. The number of amides is 1. The van der Waals surface area contributed by atoms with Crippen LogP contribution in [0, 0.1) is 10.1 Å². The van der Waals surface area contributed by atoms with Crippen molar-refractivity contribution >= 4 is 39.8 Å². The Balaban J connectivity index is 1.88. The van der Waals surface area contributed by atoms with E-state index in [1.165, 1.54) is 35.2 Å². The molecule has 0 saturated heterocycles. The van der Waals surface area contributed by atoms with Gasteiger partial charge in [-0.15, -0.1) is 23.1 Å². The van der Waals surface area contributed by atoms with Crippen molar-refractivity contribution in [1.82, 2.24) is 4.98 Å². The number of nitrogens with one attached hydrogen (secondary N) is 1. The minimum absolute atomic E-state index is 0.000826. The second-order valence-electron chi connectivity index (χ2n) is 5.33. The van der Waals surface area contributed by atoms with Crippen molar-refractivity contribution in [2.75, 3.05) is 18.7 Å². The van der Waals surface area contributed by atoms with Crippen molar-refractivity contribution < 1.29 is 14.5 Å². The molecule has 1 aromatic heterocycles. The number of hydrogen-bond acceptors (Lipinski definition) is 7. The standard InChI is InChI=1S/C18H15N3O4S2/c1-25-16-6-4-3-5-12(16)14-10-27-18(19-14)20-17(22)13-9-11(26-2)7-8-15(13)21(23)24/h3-10H,1-2H3,(H,19,20,22). The molecule has 0 fully saturated rings. The smallest absolute Gasteiger partial charge is 0.282 e. The van der Waals surface area contributed by atoms with E-state index in [0.717, 1.165) is 10.5 Å². The van der Waals surface area contributed by atoms with Crippen molar-refractivity contribution in [3.63, 3.8) is 0 Å². The monoisotopic (exact) mass is 401 g/mol. The van der Waals surface area contributed by atoms with Crippen LogP contribution >= 0.6 is 23.1 Å². The third kappa shape index (κ3) is 4.09. The summed E-state index contributed by atoms with van der Waals surface area (Å²) in [5.41, 5.74) is 1.21. The molecule has 0 unspecified atom stereocenters. The lowest BCUT2D eigenvalue weighted by Gasteiger charge is -2.06. The molecule has 9 heteroatoms. The highest BCUT2D eigenvalue weighted by molar-refractivity contribution is 7.98. The van der Waals surface area contributed by atoms with E-state index >= 15 is 0 Å². The van der Waals surface area contributed by atoms with Gasteiger partial charge in [-0.25, -0.2) is 4.98 Å². The van der Waals surface area contributed by atoms with Crippen LogP contribution in [0.5, 0.6) is 5.75 Å². The Hall–Kier alpha value is -2.91. The molecule has 2 aromatic carbocycles. The van der Waals surface area contributed by atoms with Crippen LogP contribution in [-0.2, 0) is 0 Å². The van der Waals surface area contributed by atoms with Gasteiger partial charge >= 0.3 is 0 Å². The fourth-order valence-electron chi connectivity index (χ4n) is 2.46. The zero-order valence-electron chi connectivity index (χ0n) is 14.5. The number of hydrogen-bond donors (Lipinski definition) is 1. The van der Waals surface area contributed by atoms with Crippen LogP contribution in [-0.4, -0.2) is 29.2 Å². The minimum atomic E-state index is -0.571. The number of nitro groups is 1. The zero-order chi connectivity index (χ0) is 19.4. The number of para-hydroxylation sites is 1. The Morgan fingerprint density at radius 1 is 1.30 bits per heavy atom. The van der Waals surface area contributed by atoms with Gasteiger partial charge in [0, 0.05) is 21.9 Å². The van der Waals surface area contributed by atoms with Crippen LogP contribution in [0.15, 0.2) is 52.7 Å². The summed E-state index contributed by atoms with van der Waals surface area (Å²) in [5, 5.41) is 16.0. The molecule has 7 nitrogen and oxygen atoms in total. The molecule has 1 heterocycles. The Labute approximate surface area is 163 Å². The summed E-state index contributed by atoms with van der Waals surface area (Å²) < 4.78 is 5.33. The van der Waals surface area contributed by atoms with Gasteiger partial charge in [-0.2, -0.15) is 0 Å². The van der Waals surface area contributed by atoms with Gasteiger partial charge in [-0.3, -0.25) is 20.2 Å². The van der Waals surface area contributed by atoms with Gasteiger partial charge < -0.3 is 4.74 Å². The Morgan fingerprint density at radius 2 is 2.07 bits per heavy atom. The van der Waals surface area contributed by atoms with E-state index in [1.54, 1.807) is 18.6 Å². The van der Waals surface area contributed by atoms with Crippen LogP contribution in [0.2, 0.25) is 0 Å². The van der Waals surface area contributed by atoms with E-state index in [9.17, 15) is 14.9 Å². The second kappa shape index (κ2) is 8.19. The number of thiazole rings is 1. The van der Waals surface area contributed by atoms with E-state index in [-0.39, 0.29) is 11.3 Å². The van der Waals surface area contributed by atoms with Gasteiger partial charge in [-0.1, -0.05) is 12.1 Å². The fraction of sp³-hybridized carbons (Fsp3) is 0.111. The van der Waals surface area contributed by atoms with E-state index in [0.29, 0.717) is 16.6 Å². The SMILES string of the molecule is COc1ccccc1-c1csc(NC(=O)c2cc(SC)ccc2[N+](=O)[O-])n1. The highest BCUT2D eigenvalue weighted by atomic mass is 32.2. The van der Waals surface area contributed by atoms with Crippen LogP contribution in [0.3, 0.4) is 0 Å². The van der Waals surface area contributed by atoms with Gasteiger partial charge in [0.05, 0.1) is 17.7 Å². The van der Waals surface area contributed by atoms with E-state index in [2.05, 4.69) is 10.3 Å². The molecule has 138 valence electrons. The third-order valence-electron chi connectivity index (χ3n) is 3.75. The zero-order valence-corrected chi connectivity index (χ0v) is 16.1. The molecule has 0 aliphatic carbocycles. The average Bonchev–Trinajstić information content (AvgIpc) is 3.15. The Kier molecular flexibility index (Phi) is 5.72. The van der Waals surface area contributed by atoms with Crippen LogP contribution < -0.4 is 10.1 Å². The van der Waals surface area contributed by atoms with Crippen LogP contribution in [0.25, 0.3) is 11.3 Å². The molecule has 0 atom stereocenters. The highest BCUT2D eigenvalue weighted by Gasteiger charge is 2.22. The normalized spacial score (nSPS) is 10.4. The first-order valence-corrected chi connectivity index (χ1v) is 9.86. The molecule has 0 aliphatic heterocycles. The lowest BCUT2D eigenvalue weighted by atomic mass is 10.1. The number of thioether (sulfide) groups is 1. The van der Waals surface area contributed by atoms with Gasteiger partial charge in [0.1, 0.15) is 11.3 Å². The van der Waals surface area contributed by atoms with Gasteiger partial charge in [0.15, 0.2) is 5.13 Å². The summed E-state index contributed by atoms with van der Waals surface area (Å²) in [6.07, 6.45) is 1.84. The lowest BCUT2D eigenvalue weighted by Crippen LogP contribution is -2.14. The summed E-state index contributed by atoms with van der Waals surface area (Å²) in [5.74, 6) is 0.0995. The number of rotatable bonds is 6. The Morgan fingerprint density at radius 3 is 2.78 bits per heavy atom. The summed E-state index contributed by atoms with van der Waals surface area (Å²) >= 11 is 2.64. The number of nitro benzene ring substituents is 1. The van der Waals surface area contributed by atoms with Gasteiger partial charge in [-0.05, 0) is 30.5 Å². The maximum Gasteiger partial charge on any atom is 0.282 e. The lowest BCUT2D eigenvalue weighted by molar-refractivity contribution is -0.385. The first-order chi connectivity index (χ1) is 13.0. The van der Waals surface area contributed by atoms with Crippen LogP contribution in [0.4, 0.5) is 10.8 Å². The summed E-state index contributed by atoms with van der Waals surface area (Å²) in [4.78, 5) is 28.4. The van der Waals surface area contributed by atoms with E-state index in [1.807, 2.05) is 30.5 Å². The van der Waals surface area contributed by atoms with E-state index in [4.69, 9.17) is 4.74 Å². The van der Waals surface area contributed by atoms with Crippen molar-refractivity contribution in [2.45, 2.75) is 4.90 Å². The van der Waals surface area contributed by atoms with E-state index < -0.39 is 10.8 Å². The van der Waals surface area contributed by atoms with Gasteiger partial charge in [0.25, 0.3) is 11.6 Å². The summed E-state index contributed by atoms with van der Waals surface area (Å²) in [6, 6.07) is 11.9. The minimum Gasteiger partial charge on any atom is -0.496 e. The molecule has 0 aliphatic rings. The summed E-state index contributed by atoms with van der Waals surface area (Å²) in [7, 11) is 1.58. The molecule has 3 rings (SSSR count). The highest BCUT2D eigenvalue weighted by Crippen LogP contribution is 2.32. The molecule has 27 heavy (non-hydrogen) atoms. The second-order valence-corrected chi connectivity index (χ2v) is 7.07. The molecular weight excluding hydrogens is 386 g/mol.